The van der Waals surface area contributed by atoms with E-state index in [2.05, 4.69) is 0 Å². The zero-order chi connectivity index (χ0) is 10.7. The van der Waals surface area contributed by atoms with Gasteiger partial charge in [-0.05, 0) is 24.3 Å². The highest BCUT2D eigenvalue weighted by atomic mass is 16.5. The van der Waals surface area contributed by atoms with Crippen molar-refractivity contribution in [3.05, 3.63) is 48.0 Å². The highest BCUT2D eigenvalue weighted by Gasteiger charge is 2.20. The molecule has 2 rings (SSSR count). The highest BCUT2D eigenvalue weighted by molar-refractivity contribution is 5.94. The maximum atomic E-state index is 11.5. The maximum absolute atomic E-state index is 11.5. The first-order valence-corrected chi connectivity index (χ1v) is 4.73. The zero-order valence-corrected chi connectivity index (χ0v) is 8.05. The average molecular weight is 202 g/mol. The summed E-state index contributed by atoms with van der Waals surface area (Å²) in [7, 11) is 0. The Hall–Kier alpha value is -1.90. The maximum Gasteiger partial charge on any atom is 0.338 e. The topological polar surface area (TPSA) is 43.4 Å². The molecule has 1 aromatic carbocycles. The van der Waals surface area contributed by atoms with Crippen LogP contribution >= 0.6 is 0 Å². The van der Waals surface area contributed by atoms with Gasteiger partial charge >= 0.3 is 5.97 Å². The second-order valence-electron chi connectivity index (χ2n) is 3.34. The Morgan fingerprint density at radius 1 is 1.27 bits per heavy atom. The predicted octanol–water partition coefficient (Wildman–Crippen LogP) is 1.74. The van der Waals surface area contributed by atoms with Gasteiger partial charge < -0.3 is 4.74 Å². The standard InChI is InChI=1S/C12H10O3/c13-10-6-7-11(8-10)15-12(14)9-4-2-1-3-5-9/h1-7,11H,8H2/t11-/m1/s1. The third kappa shape index (κ3) is 2.31. The van der Waals surface area contributed by atoms with E-state index in [1.54, 1.807) is 30.3 Å². The van der Waals surface area contributed by atoms with Gasteiger partial charge in [0.2, 0.25) is 0 Å². The summed E-state index contributed by atoms with van der Waals surface area (Å²) in [4.78, 5) is 22.4. The van der Waals surface area contributed by atoms with Gasteiger partial charge in [0.15, 0.2) is 5.78 Å². The van der Waals surface area contributed by atoms with Gasteiger partial charge in [-0.15, -0.1) is 0 Å². The summed E-state index contributed by atoms with van der Waals surface area (Å²) in [6, 6.07) is 8.74. The molecule has 3 nitrogen and oxygen atoms in total. The minimum absolute atomic E-state index is 0.000798. The van der Waals surface area contributed by atoms with E-state index in [-0.39, 0.29) is 18.2 Å². The molecule has 0 saturated carbocycles. The molecule has 1 aliphatic carbocycles. The molecule has 0 heterocycles. The molecular weight excluding hydrogens is 192 g/mol. The van der Waals surface area contributed by atoms with Crippen LogP contribution in [0.25, 0.3) is 0 Å². The van der Waals surface area contributed by atoms with E-state index in [9.17, 15) is 9.59 Å². The van der Waals surface area contributed by atoms with Crippen LogP contribution in [0.3, 0.4) is 0 Å². The van der Waals surface area contributed by atoms with Crippen LogP contribution in [-0.2, 0) is 9.53 Å². The van der Waals surface area contributed by atoms with Crippen molar-refractivity contribution in [1.82, 2.24) is 0 Å². The summed E-state index contributed by atoms with van der Waals surface area (Å²) in [5.74, 6) is -0.388. The van der Waals surface area contributed by atoms with Crippen LogP contribution in [0, 0.1) is 0 Å². The molecule has 0 unspecified atom stereocenters. The first-order chi connectivity index (χ1) is 7.25. The third-order valence-corrected chi connectivity index (χ3v) is 2.17. The predicted molar refractivity (Wildman–Crippen MR) is 54.4 cm³/mol. The van der Waals surface area contributed by atoms with Gasteiger partial charge in [0.1, 0.15) is 6.10 Å². The minimum Gasteiger partial charge on any atom is -0.454 e. The lowest BCUT2D eigenvalue weighted by Gasteiger charge is -2.08. The van der Waals surface area contributed by atoms with Crippen LogP contribution < -0.4 is 0 Å². The Bertz CT molecular complexity index is 406. The molecule has 0 amide bonds. The number of esters is 1. The lowest BCUT2D eigenvalue weighted by atomic mass is 10.2. The first kappa shape index (κ1) is 9.65. The molecule has 0 radical (unpaired) electrons. The van der Waals surface area contributed by atoms with Crippen molar-refractivity contribution in [1.29, 1.82) is 0 Å². The number of allylic oxidation sites excluding steroid dienone is 1. The van der Waals surface area contributed by atoms with Crippen molar-refractivity contribution < 1.29 is 14.3 Å². The van der Waals surface area contributed by atoms with E-state index < -0.39 is 6.10 Å². The highest BCUT2D eigenvalue weighted by Crippen LogP contribution is 2.12. The fraction of sp³-hybridized carbons (Fsp3) is 0.167. The van der Waals surface area contributed by atoms with Crippen molar-refractivity contribution in [3.8, 4) is 0 Å². The van der Waals surface area contributed by atoms with Crippen LogP contribution in [0.15, 0.2) is 42.5 Å². The van der Waals surface area contributed by atoms with E-state index in [1.807, 2.05) is 6.07 Å². The zero-order valence-electron chi connectivity index (χ0n) is 8.05. The lowest BCUT2D eigenvalue weighted by Crippen LogP contribution is -2.15. The van der Waals surface area contributed by atoms with Crippen LogP contribution in [0.5, 0.6) is 0 Å². The van der Waals surface area contributed by atoms with Crippen molar-refractivity contribution >= 4 is 11.8 Å². The molecule has 15 heavy (non-hydrogen) atoms. The molecule has 0 saturated heterocycles. The van der Waals surface area contributed by atoms with E-state index >= 15 is 0 Å². The Labute approximate surface area is 87.4 Å². The molecule has 1 aliphatic rings. The van der Waals surface area contributed by atoms with Gasteiger partial charge in [0, 0.05) is 0 Å². The summed E-state index contributed by atoms with van der Waals surface area (Å²) < 4.78 is 5.12. The van der Waals surface area contributed by atoms with Crippen LogP contribution in [-0.4, -0.2) is 17.9 Å². The average Bonchev–Trinajstić information content (AvgIpc) is 2.65. The molecule has 0 aliphatic heterocycles. The number of ketones is 1. The quantitative estimate of drug-likeness (QED) is 0.686. The number of rotatable bonds is 2. The molecule has 1 atom stereocenters. The number of carbonyl (C=O) groups excluding carboxylic acids is 2. The number of ether oxygens (including phenoxy) is 1. The molecule has 0 bridgehead atoms. The molecule has 76 valence electrons. The monoisotopic (exact) mass is 202 g/mol. The van der Waals surface area contributed by atoms with E-state index in [0.717, 1.165) is 0 Å². The normalized spacial score (nSPS) is 19.2. The summed E-state index contributed by atoms with van der Waals surface area (Å²) >= 11 is 0. The van der Waals surface area contributed by atoms with Gasteiger partial charge in [-0.3, -0.25) is 4.79 Å². The van der Waals surface area contributed by atoms with Gasteiger partial charge in [0.25, 0.3) is 0 Å². The molecule has 0 N–H and O–H groups in total. The number of benzene rings is 1. The number of hydrogen-bond donors (Lipinski definition) is 0. The largest absolute Gasteiger partial charge is 0.454 e. The third-order valence-electron chi connectivity index (χ3n) is 2.17. The number of carbonyl (C=O) groups is 2. The summed E-state index contributed by atoms with van der Waals surface area (Å²) in [5.41, 5.74) is 0.505. The van der Waals surface area contributed by atoms with Gasteiger partial charge in [-0.25, -0.2) is 4.79 Å². The Morgan fingerprint density at radius 2 is 2.00 bits per heavy atom. The van der Waals surface area contributed by atoms with E-state index in [4.69, 9.17) is 4.74 Å². The summed E-state index contributed by atoms with van der Waals surface area (Å²) in [6.07, 6.45) is 2.93. The van der Waals surface area contributed by atoms with E-state index in [1.165, 1.54) is 6.08 Å². The van der Waals surface area contributed by atoms with Crippen LogP contribution in [0.2, 0.25) is 0 Å². The molecule has 0 fully saturated rings. The summed E-state index contributed by atoms with van der Waals surface area (Å²) in [6.45, 7) is 0. The Morgan fingerprint density at radius 3 is 2.60 bits per heavy atom. The van der Waals surface area contributed by atoms with Crippen molar-refractivity contribution in [2.45, 2.75) is 12.5 Å². The second kappa shape index (κ2) is 4.09. The first-order valence-electron chi connectivity index (χ1n) is 4.73. The summed E-state index contributed by atoms with van der Waals surface area (Å²) in [5, 5.41) is 0. The Kier molecular flexibility index (Phi) is 2.63. The van der Waals surface area contributed by atoms with Crippen molar-refractivity contribution in [2.75, 3.05) is 0 Å². The minimum atomic E-state index is -0.398. The SMILES string of the molecule is O=C1C=C[C@@H](OC(=O)c2ccccc2)C1. The van der Waals surface area contributed by atoms with Crippen molar-refractivity contribution in [2.24, 2.45) is 0 Å². The second-order valence-corrected chi connectivity index (χ2v) is 3.34. The molecule has 0 aromatic heterocycles. The molecule has 0 spiro atoms. The smallest absolute Gasteiger partial charge is 0.338 e. The molecule has 1 aromatic rings. The number of hydrogen-bond acceptors (Lipinski definition) is 3. The van der Waals surface area contributed by atoms with Gasteiger partial charge in [0.05, 0.1) is 12.0 Å². The fourth-order valence-electron chi connectivity index (χ4n) is 1.41. The lowest BCUT2D eigenvalue weighted by molar-refractivity contribution is -0.115. The molecular formula is C12H10O3. The van der Waals surface area contributed by atoms with Crippen molar-refractivity contribution in [3.63, 3.8) is 0 Å². The Balaban J connectivity index is 1.99. The van der Waals surface area contributed by atoms with Gasteiger partial charge in [-0.1, -0.05) is 18.2 Å². The van der Waals surface area contributed by atoms with Crippen LogP contribution in [0.1, 0.15) is 16.8 Å². The van der Waals surface area contributed by atoms with Crippen LogP contribution in [0.4, 0.5) is 0 Å². The fourth-order valence-corrected chi connectivity index (χ4v) is 1.41. The van der Waals surface area contributed by atoms with Gasteiger partial charge in [-0.2, -0.15) is 0 Å². The van der Waals surface area contributed by atoms with E-state index in [0.29, 0.717) is 5.56 Å². The molecule has 3 heteroatoms.